The Labute approximate surface area is 244 Å². The molecule has 0 radical (unpaired) electrons. The van der Waals surface area contributed by atoms with Crippen LogP contribution in [0, 0.1) is 0 Å². The molecule has 6 aromatic carbocycles. The van der Waals surface area contributed by atoms with Crippen molar-refractivity contribution in [3.05, 3.63) is 190 Å². The third-order valence-electron chi connectivity index (χ3n) is 8.51. The predicted octanol–water partition coefficient (Wildman–Crippen LogP) is 8.42. The van der Waals surface area contributed by atoms with Crippen LogP contribution in [0.2, 0.25) is 0 Å². The molecule has 42 heavy (non-hydrogen) atoms. The molecule has 8 rings (SSSR count). The van der Waals surface area contributed by atoms with Crippen LogP contribution in [-0.2, 0) is 5.41 Å². The van der Waals surface area contributed by atoms with Crippen molar-refractivity contribution in [2.24, 2.45) is 0 Å². The van der Waals surface area contributed by atoms with E-state index in [1.54, 1.807) is 4.57 Å². The summed E-state index contributed by atoms with van der Waals surface area (Å²) in [5.74, 6) is 0.625. The molecule has 0 bridgehead atoms. The van der Waals surface area contributed by atoms with Crippen LogP contribution in [0.25, 0.3) is 39.1 Å². The van der Waals surface area contributed by atoms with Gasteiger partial charge < -0.3 is 0 Å². The fraction of sp³-hybridized carbons (Fsp3) is 0.0256. The molecule has 0 fully saturated rings. The highest BCUT2D eigenvalue weighted by molar-refractivity contribution is 5.87. The van der Waals surface area contributed by atoms with Crippen LogP contribution in [0.1, 0.15) is 22.3 Å². The van der Waals surface area contributed by atoms with E-state index in [4.69, 9.17) is 4.98 Å². The van der Waals surface area contributed by atoms with E-state index in [-0.39, 0.29) is 5.56 Å². The van der Waals surface area contributed by atoms with Crippen molar-refractivity contribution >= 4 is 10.9 Å². The minimum absolute atomic E-state index is 0.0834. The first-order chi connectivity index (χ1) is 20.8. The third kappa shape index (κ3) is 3.47. The van der Waals surface area contributed by atoms with E-state index >= 15 is 0 Å². The molecule has 0 N–H and O–H groups in total. The second-order valence-electron chi connectivity index (χ2n) is 10.7. The van der Waals surface area contributed by atoms with Crippen molar-refractivity contribution < 1.29 is 0 Å². The van der Waals surface area contributed by atoms with Gasteiger partial charge in [-0.1, -0.05) is 133 Å². The number of fused-ring (bicyclic) bond motifs is 4. The van der Waals surface area contributed by atoms with Crippen molar-refractivity contribution in [1.82, 2.24) is 9.55 Å². The van der Waals surface area contributed by atoms with E-state index in [0.717, 1.165) is 16.8 Å². The molecule has 0 unspecified atom stereocenters. The maximum atomic E-state index is 14.3. The number of rotatable bonds is 4. The summed E-state index contributed by atoms with van der Waals surface area (Å²) >= 11 is 0. The van der Waals surface area contributed by atoms with Gasteiger partial charge in [-0.3, -0.25) is 9.36 Å². The number of para-hydroxylation sites is 1. The van der Waals surface area contributed by atoms with Gasteiger partial charge in [0.05, 0.1) is 22.0 Å². The van der Waals surface area contributed by atoms with Gasteiger partial charge in [0.15, 0.2) is 0 Å². The zero-order chi connectivity index (χ0) is 28.1. The first-order valence-electron chi connectivity index (χ1n) is 14.2. The minimum atomic E-state index is -0.550. The average Bonchev–Trinajstić information content (AvgIpc) is 3.36. The Morgan fingerprint density at radius 3 is 1.81 bits per heavy atom. The van der Waals surface area contributed by atoms with Gasteiger partial charge in [-0.05, 0) is 57.6 Å². The molecule has 3 nitrogen and oxygen atoms in total. The Hall–Kier alpha value is -5.54. The molecule has 1 aromatic heterocycles. The van der Waals surface area contributed by atoms with Crippen LogP contribution in [0.4, 0.5) is 0 Å². The minimum Gasteiger partial charge on any atom is -0.268 e. The predicted molar refractivity (Wildman–Crippen MR) is 170 cm³/mol. The molecule has 0 amide bonds. The summed E-state index contributed by atoms with van der Waals surface area (Å²) in [5.41, 5.74) is 8.88. The number of hydrogen-bond acceptors (Lipinski definition) is 2. The molecule has 1 aliphatic carbocycles. The van der Waals surface area contributed by atoms with Gasteiger partial charge in [-0.2, -0.15) is 0 Å². The van der Waals surface area contributed by atoms with E-state index in [0.29, 0.717) is 16.7 Å². The molecule has 0 spiro atoms. The summed E-state index contributed by atoms with van der Waals surface area (Å²) in [6.07, 6.45) is 0. The molecule has 0 saturated carbocycles. The Morgan fingerprint density at radius 1 is 0.524 bits per heavy atom. The Balaban J connectivity index is 1.49. The van der Waals surface area contributed by atoms with E-state index in [1.807, 2.05) is 54.6 Å². The lowest BCUT2D eigenvalue weighted by atomic mass is 9.67. The fourth-order valence-corrected chi connectivity index (χ4v) is 6.72. The highest BCUT2D eigenvalue weighted by atomic mass is 16.1. The van der Waals surface area contributed by atoms with Crippen molar-refractivity contribution in [3.8, 4) is 28.2 Å². The van der Waals surface area contributed by atoms with E-state index in [2.05, 4.69) is 103 Å². The first-order valence-corrected chi connectivity index (χ1v) is 14.2. The largest absolute Gasteiger partial charge is 0.268 e. The topological polar surface area (TPSA) is 34.9 Å². The third-order valence-corrected chi connectivity index (χ3v) is 8.51. The summed E-state index contributed by atoms with van der Waals surface area (Å²) in [4.78, 5) is 19.3. The smallest absolute Gasteiger partial charge is 0.266 e. The lowest BCUT2D eigenvalue weighted by Crippen LogP contribution is -2.29. The summed E-state index contributed by atoms with van der Waals surface area (Å²) in [5, 5.41) is 0.596. The van der Waals surface area contributed by atoms with Crippen molar-refractivity contribution in [3.63, 3.8) is 0 Å². The average molecular weight is 539 g/mol. The Bertz CT molecular complexity index is 2110. The summed E-state index contributed by atoms with van der Waals surface area (Å²) in [6, 6.07) is 54.1. The first kappa shape index (κ1) is 24.3. The van der Waals surface area contributed by atoms with E-state index in [1.165, 1.54) is 27.8 Å². The molecular formula is C39H26N2O. The molecule has 0 saturated heterocycles. The number of aromatic nitrogens is 2. The van der Waals surface area contributed by atoms with Crippen LogP contribution in [0.3, 0.4) is 0 Å². The molecule has 0 aliphatic heterocycles. The highest BCUT2D eigenvalue weighted by Crippen LogP contribution is 2.56. The number of benzene rings is 6. The molecule has 198 valence electrons. The van der Waals surface area contributed by atoms with Gasteiger partial charge in [0.1, 0.15) is 5.82 Å². The van der Waals surface area contributed by atoms with E-state index in [9.17, 15) is 4.79 Å². The molecule has 1 aliphatic rings. The second kappa shape index (κ2) is 9.53. The molecule has 3 heteroatoms. The van der Waals surface area contributed by atoms with Gasteiger partial charge in [0.25, 0.3) is 5.56 Å². The van der Waals surface area contributed by atoms with Crippen LogP contribution in [0.15, 0.2) is 163 Å². The highest BCUT2D eigenvalue weighted by Gasteiger charge is 2.46. The van der Waals surface area contributed by atoms with Gasteiger partial charge in [-0.25, -0.2) is 4.98 Å². The standard InChI is InChI=1S/C39H26N2O/c42-38-33-21-11-13-23-36(33)40-37(27-14-4-1-5-15-27)41(38)30-24-25-32-31-20-10-12-22-34(31)39(35(32)26-30,28-16-6-2-7-17-28)29-18-8-3-9-19-29/h1-26H. The quantitative estimate of drug-likeness (QED) is 0.225. The fourth-order valence-electron chi connectivity index (χ4n) is 6.72. The van der Waals surface area contributed by atoms with Crippen LogP contribution < -0.4 is 5.56 Å². The monoisotopic (exact) mass is 538 g/mol. The van der Waals surface area contributed by atoms with Gasteiger partial charge in [0.2, 0.25) is 0 Å². The van der Waals surface area contributed by atoms with Crippen LogP contribution >= 0.6 is 0 Å². The van der Waals surface area contributed by atoms with Crippen molar-refractivity contribution in [2.45, 2.75) is 5.41 Å². The second-order valence-corrected chi connectivity index (χ2v) is 10.7. The maximum absolute atomic E-state index is 14.3. The van der Waals surface area contributed by atoms with Crippen LogP contribution in [0.5, 0.6) is 0 Å². The lowest BCUT2D eigenvalue weighted by molar-refractivity contribution is 0.766. The van der Waals surface area contributed by atoms with Crippen LogP contribution in [-0.4, -0.2) is 9.55 Å². The Morgan fingerprint density at radius 2 is 1.10 bits per heavy atom. The van der Waals surface area contributed by atoms with Gasteiger partial charge in [-0.15, -0.1) is 0 Å². The SMILES string of the molecule is O=c1c2ccccc2nc(-c2ccccc2)n1-c1ccc2c(c1)C(c1ccccc1)(c1ccccc1)c1ccccc1-2. The molecule has 1 heterocycles. The summed E-state index contributed by atoms with van der Waals surface area (Å²) < 4.78 is 1.78. The maximum Gasteiger partial charge on any atom is 0.266 e. The molecule has 7 aromatic rings. The van der Waals surface area contributed by atoms with Gasteiger partial charge >= 0.3 is 0 Å². The zero-order valence-electron chi connectivity index (χ0n) is 22.8. The number of hydrogen-bond donors (Lipinski definition) is 0. The zero-order valence-corrected chi connectivity index (χ0v) is 22.8. The van der Waals surface area contributed by atoms with Gasteiger partial charge in [0, 0.05) is 5.56 Å². The summed E-state index contributed by atoms with van der Waals surface area (Å²) in [7, 11) is 0. The van der Waals surface area contributed by atoms with Crippen molar-refractivity contribution in [2.75, 3.05) is 0 Å². The Kier molecular flexibility index (Phi) is 5.51. The van der Waals surface area contributed by atoms with E-state index < -0.39 is 5.41 Å². The molecule has 0 atom stereocenters. The number of nitrogens with zero attached hydrogens (tertiary/aromatic N) is 2. The lowest BCUT2D eigenvalue weighted by Gasteiger charge is -2.34. The molecular weight excluding hydrogens is 512 g/mol. The summed E-state index contributed by atoms with van der Waals surface area (Å²) in [6.45, 7) is 0. The normalized spacial score (nSPS) is 13.0. The van der Waals surface area contributed by atoms with Crippen molar-refractivity contribution in [1.29, 1.82) is 0 Å².